The Kier molecular flexibility index (Phi) is 10.3. The summed E-state index contributed by atoms with van der Waals surface area (Å²) in [5.74, 6) is 2.35. The first-order valence-electron chi connectivity index (χ1n) is 4.02. The predicted molar refractivity (Wildman–Crippen MR) is 47.4 cm³/mol. The highest BCUT2D eigenvalue weighted by molar-refractivity contribution is 5.50. The van der Waals surface area contributed by atoms with Crippen LogP contribution in [0.25, 0.3) is 0 Å². The lowest BCUT2D eigenvalue weighted by atomic mass is 10.7. The minimum atomic E-state index is 0.122. The molecule has 4 heteroatoms. The third-order valence-electron chi connectivity index (χ3n) is 1.12. The molecule has 13 heavy (non-hydrogen) atoms. The summed E-state index contributed by atoms with van der Waals surface area (Å²) >= 11 is 0. The molecule has 0 aliphatic carbocycles. The van der Waals surface area contributed by atoms with Crippen molar-refractivity contribution in [3.8, 4) is 12.3 Å². The maximum atomic E-state index is 9.81. The first-order chi connectivity index (χ1) is 6.41. The van der Waals surface area contributed by atoms with Crippen LogP contribution >= 0.6 is 0 Å². The molecular weight excluding hydrogens is 172 g/mol. The second-order valence-corrected chi connectivity index (χ2v) is 2.11. The molecule has 0 saturated heterocycles. The molecule has 0 spiro atoms. The summed E-state index contributed by atoms with van der Waals surface area (Å²) in [6, 6.07) is 0. The Hall–Kier alpha value is -0.890. The first kappa shape index (κ1) is 12.1. The van der Waals surface area contributed by atoms with Gasteiger partial charge in [0.25, 0.3) is 0 Å². The van der Waals surface area contributed by atoms with Crippen LogP contribution in [0.5, 0.6) is 0 Å². The largest absolute Gasteiger partial charge is 0.377 e. The fraction of sp³-hybridized carbons (Fsp3) is 0.667. The quantitative estimate of drug-likeness (QED) is 0.286. The monoisotopic (exact) mass is 186 g/mol. The van der Waals surface area contributed by atoms with E-state index in [9.17, 15) is 4.79 Å². The molecular formula is C9H14O4. The fourth-order valence-corrected chi connectivity index (χ4v) is 0.600. The number of hydrogen-bond donors (Lipinski definition) is 0. The van der Waals surface area contributed by atoms with Gasteiger partial charge in [-0.05, 0) is 0 Å². The predicted octanol–water partition coefficient (Wildman–Crippen LogP) is -0.132. The number of terminal acetylenes is 1. The van der Waals surface area contributed by atoms with Gasteiger partial charge >= 0.3 is 0 Å². The van der Waals surface area contributed by atoms with Crippen molar-refractivity contribution in [3.05, 3.63) is 0 Å². The van der Waals surface area contributed by atoms with Gasteiger partial charge in [-0.2, -0.15) is 0 Å². The molecule has 0 saturated carbocycles. The number of aldehydes is 1. The van der Waals surface area contributed by atoms with Crippen LogP contribution in [0.3, 0.4) is 0 Å². The average Bonchev–Trinajstić information content (AvgIpc) is 2.16. The van der Waals surface area contributed by atoms with E-state index in [1.165, 1.54) is 0 Å². The van der Waals surface area contributed by atoms with Gasteiger partial charge in [0.1, 0.15) is 19.5 Å². The van der Waals surface area contributed by atoms with Gasteiger partial charge in [0.05, 0.1) is 26.4 Å². The molecule has 0 fully saturated rings. The number of carbonyl (C=O) groups is 1. The Morgan fingerprint density at radius 3 is 2.31 bits per heavy atom. The van der Waals surface area contributed by atoms with Crippen LogP contribution < -0.4 is 0 Å². The Balaban J connectivity index is 2.84. The number of rotatable bonds is 9. The molecule has 0 radical (unpaired) electrons. The minimum Gasteiger partial charge on any atom is -0.377 e. The van der Waals surface area contributed by atoms with Crippen molar-refractivity contribution in [1.29, 1.82) is 0 Å². The second-order valence-electron chi connectivity index (χ2n) is 2.11. The molecule has 4 nitrogen and oxygen atoms in total. The Bertz CT molecular complexity index is 150. The lowest BCUT2D eigenvalue weighted by Gasteiger charge is -2.03. The molecule has 0 aliphatic rings. The molecule has 0 amide bonds. The minimum absolute atomic E-state index is 0.122. The van der Waals surface area contributed by atoms with E-state index in [4.69, 9.17) is 20.6 Å². The molecule has 0 atom stereocenters. The lowest BCUT2D eigenvalue weighted by molar-refractivity contribution is -0.112. The van der Waals surface area contributed by atoms with Crippen molar-refractivity contribution in [3.63, 3.8) is 0 Å². The zero-order valence-electron chi connectivity index (χ0n) is 7.53. The van der Waals surface area contributed by atoms with Gasteiger partial charge in [-0.25, -0.2) is 0 Å². The van der Waals surface area contributed by atoms with Crippen LogP contribution in [0.2, 0.25) is 0 Å². The standard InChI is InChI=1S/C9H14O4/c1-2-4-11-6-8-13-9-7-12-5-3-10/h1,3H,4-9H2. The molecule has 0 aromatic heterocycles. The molecule has 0 heterocycles. The highest BCUT2D eigenvalue weighted by atomic mass is 16.5. The Morgan fingerprint density at radius 2 is 1.69 bits per heavy atom. The van der Waals surface area contributed by atoms with Crippen LogP contribution in [0, 0.1) is 12.3 Å². The van der Waals surface area contributed by atoms with Crippen molar-refractivity contribution in [2.75, 3.05) is 39.6 Å². The van der Waals surface area contributed by atoms with Crippen molar-refractivity contribution in [2.45, 2.75) is 0 Å². The topological polar surface area (TPSA) is 44.8 Å². The number of hydrogen-bond acceptors (Lipinski definition) is 4. The third kappa shape index (κ3) is 11.1. The van der Waals surface area contributed by atoms with E-state index in [1.807, 2.05) is 0 Å². The summed E-state index contributed by atoms with van der Waals surface area (Å²) in [7, 11) is 0. The van der Waals surface area contributed by atoms with E-state index in [2.05, 4.69) is 5.92 Å². The average molecular weight is 186 g/mol. The molecule has 0 aromatic rings. The zero-order chi connectivity index (χ0) is 9.78. The smallest absolute Gasteiger partial charge is 0.145 e. The normalized spacial score (nSPS) is 9.46. The van der Waals surface area contributed by atoms with E-state index in [1.54, 1.807) is 0 Å². The van der Waals surface area contributed by atoms with Crippen LogP contribution in [-0.4, -0.2) is 45.9 Å². The van der Waals surface area contributed by atoms with Gasteiger partial charge in [0.2, 0.25) is 0 Å². The molecule has 0 N–H and O–H groups in total. The fourth-order valence-electron chi connectivity index (χ4n) is 0.600. The molecule has 0 aliphatic heterocycles. The van der Waals surface area contributed by atoms with Gasteiger partial charge in [-0.1, -0.05) is 5.92 Å². The highest BCUT2D eigenvalue weighted by Crippen LogP contribution is 1.79. The highest BCUT2D eigenvalue weighted by Gasteiger charge is 1.89. The Labute approximate surface area is 78.2 Å². The van der Waals surface area contributed by atoms with Crippen molar-refractivity contribution in [2.24, 2.45) is 0 Å². The lowest BCUT2D eigenvalue weighted by Crippen LogP contribution is -2.10. The van der Waals surface area contributed by atoms with Crippen molar-refractivity contribution in [1.82, 2.24) is 0 Å². The van der Waals surface area contributed by atoms with E-state index in [0.29, 0.717) is 39.3 Å². The zero-order valence-corrected chi connectivity index (χ0v) is 7.53. The van der Waals surface area contributed by atoms with E-state index >= 15 is 0 Å². The summed E-state index contributed by atoms with van der Waals surface area (Å²) in [5.41, 5.74) is 0. The van der Waals surface area contributed by atoms with Crippen LogP contribution in [0.4, 0.5) is 0 Å². The molecule has 0 unspecified atom stereocenters. The summed E-state index contributed by atoms with van der Waals surface area (Å²) in [6.07, 6.45) is 5.66. The van der Waals surface area contributed by atoms with Gasteiger partial charge in [0, 0.05) is 0 Å². The van der Waals surface area contributed by atoms with Gasteiger partial charge in [-0.15, -0.1) is 6.42 Å². The van der Waals surface area contributed by atoms with Crippen LogP contribution in [-0.2, 0) is 19.0 Å². The van der Waals surface area contributed by atoms with E-state index in [-0.39, 0.29) is 6.61 Å². The van der Waals surface area contributed by atoms with Gasteiger partial charge in [-0.3, -0.25) is 0 Å². The third-order valence-corrected chi connectivity index (χ3v) is 1.12. The molecule has 0 aromatic carbocycles. The van der Waals surface area contributed by atoms with Crippen molar-refractivity contribution < 1.29 is 19.0 Å². The van der Waals surface area contributed by atoms with E-state index < -0.39 is 0 Å². The summed E-state index contributed by atoms with van der Waals surface area (Å²) in [4.78, 5) is 9.81. The Morgan fingerprint density at radius 1 is 1.08 bits per heavy atom. The van der Waals surface area contributed by atoms with Crippen LogP contribution in [0.1, 0.15) is 0 Å². The number of ether oxygens (including phenoxy) is 3. The van der Waals surface area contributed by atoms with Crippen LogP contribution in [0.15, 0.2) is 0 Å². The maximum absolute atomic E-state index is 9.81. The molecule has 0 bridgehead atoms. The summed E-state index contributed by atoms with van der Waals surface area (Å²) in [5, 5.41) is 0. The number of carbonyl (C=O) groups excluding carboxylic acids is 1. The first-order valence-corrected chi connectivity index (χ1v) is 4.02. The van der Waals surface area contributed by atoms with Crippen molar-refractivity contribution >= 4 is 6.29 Å². The summed E-state index contributed by atoms with van der Waals surface area (Å²) in [6.45, 7) is 2.30. The van der Waals surface area contributed by atoms with E-state index in [0.717, 1.165) is 0 Å². The molecule has 0 rings (SSSR count). The second kappa shape index (κ2) is 11.1. The summed E-state index contributed by atoms with van der Waals surface area (Å²) < 4.78 is 14.9. The van der Waals surface area contributed by atoms with Gasteiger partial charge in [0.15, 0.2) is 0 Å². The van der Waals surface area contributed by atoms with Gasteiger partial charge < -0.3 is 19.0 Å². The SMILES string of the molecule is C#CCOCCOCCOCC=O. The molecule has 74 valence electrons. The maximum Gasteiger partial charge on any atom is 0.145 e.